The molecule has 1 atom stereocenters. The van der Waals surface area contributed by atoms with E-state index in [1.54, 1.807) is 12.1 Å². The Morgan fingerprint density at radius 1 is 1.24 bits per heavy atom. The monoisotopic (exact) mass is 356 g/mol. The SMILES string of the molecule is [B]c1c(C(F)(F)F)nn(CC(O)NCCNc2ccc(F)cc2)c1C. The normalized spacial score (nSPS) is 13.0. The van der Waals surface area contributed by atoms with Crippen LogP contribution >= 0.6 is 0 Å². The fourth-order valence-electron chi connectivity index (χ4n) is 2.19. The van der Waals surface area contributed by atoms with Gasteiger partial charge < -0.3 is 10.4 Å². The van der Waals surface area contributed by atoms with Crippen LogP contribution in [0.4, 0.5) is 23.2 Å². The molecule has 1 heterocycles. The molecule has 1 aromatic heterocycles. The van der Waals surface area contributed by atoms with Crippen molar-refractivity contribution in [3.05, 3.63) is 41.5 Å². The molecule has 3 N–H and O–H groups in total. The first kappa shape index (κ1) is 19.3. The first-order valence-corrected chi connectivity index (χ1v) is 7.49. The van der Waals surface area contributed by atoms with Crippen molar-refractivity contribution in [2.45, 2.75) is 25.9 Å². The first-order chi connectivity index (χ1) is 11.7. The van der Waals surface area contributed by atoms with Crippen LogP contribution in [0.5, 0.6) is 0 Å². The highest BCUT2D eigenvalue weighted by atomic mass is 19.4. The molecule has 25 heavy (non-hydrogen) atoms. The maximum absolute atomic E-state index is 12.8. The van der Waals surface area contributed by atoms with E-state index in [0.717, 1.165) is 4.68 Å². The van der Waals surface area contributed by atoms with Gasteiger partial charge in [0.05, 0.1) is 6.54 Å². The number of anilines is 1. The predicted octanol–water partition coefficient (Wildman–Crippen LogP) is 1.16. The summed E-state index contributed by atoms with van der Waals surface area (Å²) in [6.07, 6.45) is -5.74. The van der Waals surface area contributed by atoms with Gasteiger partial charge in [0.15, 0.2) is 5.69 Å². The lowest BCUT2D eigenvalue weighted by molar-refractivity contribution is -0.140. The Morgan fingerprint density at radius 3 is 2.44 bits per heavy atom. The average Bonchev–Trinajstić information content (AvgIpc) is 2.82. The number of nitrogens with one attached hydrogen (secondary N) is 2. The number of hydrogen-bond acceptors (Lipinski definition) is 4. The van der Waals surface area contributed by atoms with Crippen molar-refractivity contribution >= 4 is 19.0 Å². The van der Waals surface area contributed by atoms with Crippen LogP contribution in [0.15, 0.2) is 24.3 Å². The highest BCUT2D eigenvalue weighted by Gasteiger charge is 2.36. The number of alkyl halides is 3. The van der Waals surface area contributed by atoms with E-state index >= 15 is 0 Å². The summed E-state index contributed by atoms with van der Waals surface area (Å²) in [4.78, 5) is 0. The third-order valence-corrected chi connectivity index (χ3v) is 3.55. The first-order valence-electron chi connectivity index (χ1n) is 7.49. The summed E-state index contributed by atoms with van der Waals surface area (Å²) in [5.41, 5.74) is -0.756. The Balaban J connectivity index is 1.82. The molecule has 10 heteroatoms. The van der Waals surface area contributed by atoms with Gasteiger partial charge in [-0.3, -0.25) is 10.00 Å². The molecule has 0 spiro atoms. The molecule has 0 fully saturated rings. The lowest BCUT2D eigenvalue weighted by atomic mass is 9.93. The van der Waals surface area contributed by atoms with Crippen LogP contribution < -0.4 is 16.1 Å². The summed E-state index contributed by atoms with van der Waals surface area (Å²) in [7, 11) is 5.42. The second-order valence-electron chi connectivity index (χ2n) is 5.43. The standard InChI is InChI=1S/C15H17BF4N4O/c1-9-13(16)14(15(18,19)20)23-24(9)8-12(25)22-7-6-21-11-4-2-10(17)3-5-11/h2-5,12,21-22,25H,6-8H2,1H3. The molecule has 2 aromatic rings. The number of aromatic nitrogens is 2. The van der Waals surface area contributed by atoms with Crippen LogP contribution in [-0.2, 0) is 12.7 Å². The van der Waals surface area contributed by atoms with E-state index in [4.69, 9.17) is 7.85 Å². The summed E-state index contributed by atoms with van der Waals surface area (Å²) in [5, 5.41) is 19.1. The molecule has 0 amide bonds. The van der Waals surface area contributed by atoms with E-state index in [1.165, 1.54) is 19.1 Å². The number of nitrogens with zero attached hydrogens (tertiary/aromatic N) is 2. The van der Waals surface area contributed by atoms with Gasteiger partial charge in [-0.25, -0.2) is 4.39 Å². The molecule has 0 aliphatic rings. The Labute approximate surface area is 143 Å². The molecule has 2 rings (SSSR count). The van der Waals surface area contributed by atoms with Crippen molar-refractivity contribution in [3.63, 3.8) is 0 Å². The van der Waals surface area contributed by atoms with Crippen LogP contribution in [0.3, 0.4) is 0 Å². The highest BCUT2D eigenvalue weighted by molar-refractivity contribution is 6.34. The maximum Gasteiger partial charge on any atom is 0.434 e. The number of hydrogen-bond donors (Lipinski definition) is 3. The van der Waals surface area contributed by atoms with E-state index < -0.39 is 23.6 Å². The number of rotatable bonds is 7. The second-order valence-corrected chi connectivity index (χ2v) is 5.43. The van der Waals surface area contributed by atoms with Crippen molar-refractivity contribution in [2.75, 3.05) is 18.4 Å². The Hall–Kier alpha value is -2.07. The van der Waals surface area contributed by atoms with E-state index in [1.807, 2.05) is 0 Å². The van der Waals surface area contributed by atoms with Crippen molar-refractivity contribution < 1.29 is 22.7 Å². The minimum atomic E-state index is -4.64. The van der Waals surface area contributed by atoms with Crippen LogP contribution in [-0.4, -0.2) is 42.1 Å². The van der Waals surface area contributed by atoms with Crippen LogP contribution in [0.25, 0.3) is 0 Å². The molecule has 0 aliphatic heterocycles. The van der Waals surface area contributed by atoms with E-state index in [-0.39, 0.29) is 18.1 Å². The number of aliphatic hydroxyl groups excluding tert-OH is 1. The smallest absolute Gasteiger partial charge is 0.384 e. The predicted molar refractivity (Wildman–Crippen MR) is 86.3 cm³/mol. The van der Waals surface area contributed by atoms with Gasteiger partial charge in [0.1, 0.15) is 19.9 Å². The molecule has 2 radical (unpaired) electrons. The van der Waals surface area contributed by atoms with E-state index in [2.05, 4.69) is 15.7 Å². The van der Waals surface area contributed by atoms with Gasteiger partial charge in [0.25, 0.3) is 0 Å². The summed E-state index contributed by atoms with van der Waals surface area (Å²) in [5.74, 6) is -0.341. The van der Waals surface area contributed by atoms with Crippen molar-refractivity contribution in [2.24, 2.45) is 0 Å². The van der Waals surface area contributed by atoms with Crippen molar-refractivity contribution in [1.29, 1.82) is 0 Å². The summed E-state index contributed by atoms with van der Waals surface area (Å²) in [6, 6.07) is 5.77. The van der Waals surface area contributed by atoms with Gasteiger partial charge in [-0.2, -0.15) is 18.3 Å². The molecule has 0 saturated heterocycles. The van der Waals surface area contributed by atoms with E-state index in [0.29, 0.717) is 18.8 Å². The molecule has 0 bridgehead atoms. The van der Waals surface area contributed by atoms with Gasteiger partial charge in [-0.05, 0) is 36.7 Å². The van der Waals surface area contributed by atoms with Crippen LogP contribution in [0, 0.1) is 12.7 Å². The molecule has 134 valence electrons. The van der Waals surface area contributed by atoms with Gasteiger partial charge in [0.2, 0.25) is 0 Å². The third kappa shape index (κ3) is 5.20. The topological polar surface area (TPSA) is 62.1 Å². The van der Waals surface area contributed by atoms with Gasteiger partial charge in [0, 0.05) is 24.5 Å². The molecule has 1 unspecified atom stereocenters. The highest BCUT2D eigenvalue weighted by Crippen LogP contribution is 2.26. The largest absolute Gasteiger partial charge is 0.434 e. The Morgan fingerprint density at radius 2 is 1.88 bits per heavy atom. The second kappa shape index (κ2) is 7.88. The molecule has 0 saturated carbocycles. The molecule has 1 aromatic carbocycles. The summed E-state index contributed by atoms with van der Waals surface area (Å²) in [6.45, 7) is 1.99. The zero-order valence-corrected chi connectivity index (χ0v) is 13.4. The number of aliphatic hydroxyl groups is 1. The number of benzene rings is 1. The summed E-state index contributed by atoms with van der Waals surface area (Å²) >= 11 is 0. The molecular weight excluding hydrogens is 339 g/mol. The minimum Gasteiger partial charge on any atom is -0.384 e. The van der Waals surface area contributed by atoms with Gasteiger partial charge in [-0.15, -0.1) is 0 Å². The minimum absolute atomic E-state index is 0.137. The average molecular weight is 356 g/mol. The van der Waals surface area contributed by atoms with E-state index in [9.17, 15) is 22.7 Å². The Bertz CT molecular complexity index is 703. The summed E-state index contributed by atoms with van der Waals surface area (Å²) < 4.78 is 52.0. The molecule has 0 aliphatic carbocycles. The third-order valence-electron chi connectivity index (χ3n) is 3.55. The zero-order valence-electron chi connectivity index (χ0n) is 13.4. The molecule has 5 nitrogen and oxygen atoms in total. The lowest BCUT2D eigenvalue weighted by Crippen LogP contribution is -2.36. The fraction of sp³-hybridized carbons (Fsp3) is 0.400. The van der Waals surface area contributed by atoms with Crippen molar-refractivity contribution in [3.8, 4) is 0 Å². The number of halogens is 4. The molecular formula is C15H17BF4N4O. The lowest BCUT2D eigenvalue weighted by Gasteiger charge is -2.15. The van der Waals surface area contributed by atoms with Crippen LogP contribution in [0.1, 0.15) is 11.4 Å². The van der Waals surface area contributed by atoms with Crippen LogP contribution in [0.2, 0.25) is 0 Å². The quantitative estimate of drug-likeness (QED) is 0.302. The maximum atomic E-state index is 12.8. The zero-order chi connectivity index (χ0) is 18.6. The Kier molecular flexibility index (Phi) is 6.07. The van der Waals surface area contributed by atoms with Crippen molar-refractivity contribution in [1.82, 2.24) is 15.1 Å². The van der Waals surface area contributed by atoms with Gasteiger partial charge >= 0.3 is 6.18 Å². The fourth-order valence-corrected chi connectivity index (χ4v) is 2.19. The van der Waals surface area contributed by atoms with Gasteiger partial charge in [-0.1, -0.05) is 0 Å².